The standard InChI is InChI=1S/C24H27FN4O3/c25-18-8-4-7-17(11-18)23(31)28-19-12-21-24(32)27-14-20(29(21)15-19)9-10-22(30)26-13-16-5-2-1-3-6-16/h1-8,11,19-21H,9-10,12-15H2,(H,26,30)(H,27,32)(H,28,31)/t19-,20+,21-/m0/s1. The molecule has 2 aliphatic heterocycles. The topological polar surface area (TPSA) is 90.5 Å². The highest BCUT2D eigenvalue weighted by atomic mass is 19.1. The van der Waals surface area contributed by atoms with Crippen LogP contribution in [0, 0.1) is 5.82 Å². The quantitative estimate of drug-likeness (QED) is 0.613. The molecule has 0 bridgehead atoms. The number of amides is 3. The van der Waals surface area contributed by atoms with E-state index in [1.54, 1.807) is 6.07 Å². The number of carbonyl (C=O) groups excluding carboxylic acids is 3. The number of nitrogens with one attached hydrogen (secondary N) is 3. The van der Waals surface area contributed by atoms with Gasteiger partial charge < -0.3 is 16.0 Å². The molecule has 8 heteroatoms. The summed E-state index contributed by atoms with van der Waals surface area (Å²) in [6, 6.07) is 14.7. The highest BCUT2D eigenvalue weighted by Gasteiger charge is 2.43. The summed E-state index contributed by atoms with van der Waals surface area (Å²) in [7, 11) is 0. The Balaban J connectivity index is 1.30. The minimum absolute atomic E-state index is 0.0243. The van der Waals surface area contributed by atoms with Crippen LogP contribution in [0.15, 0.2) is 54.6 Å². The molecular formula is C24H27FN4O3. The van der Waals surface area contributed by atoms with E-state index in [2.05, 4.69) is 20.9 Å². The fourth-order valence-electron chi connectivity index (χ4n) is 4.43. The van der Waals surface area contributed by atoms with Gasteiger partial charge in [0.1, 0.15) is 5.82 Å². The fraction of sp³-hybridized carbons (Fsp3) is 0.375. The van der Waals surface area contributed by atoms with E-state index in [0.717, 1.165) is 5.56 Å². The van der Waals surface area contributed by atoms with Gasteiger partial charge in [-0.2, -0.15) is 0 Å². The Bertz CT molecular complexity index is 984. The van der Waals surface area contributed by atoms with Crippen LogP contribution in [0.1, 0.15) is 35.2 Å². The van der Waals surface area contributed by atoms with Crippen LogP contribution in [-0.2, 0) is 16.1 Å². The Morgan fingerprint density at radius 2 is 1.94 bits per heavy atom. The zero-order chi connectivity index (χ0) is 22.5. The molecule has 2 heterocycles. The first kappa shape index (κ1) is 22.0. The van der Waals surface area contributed by atoms with Gasteiger partial charge in [-0.1, -0.05) is 36.4 Å². The van der Waals surface area contributed by atoms with Crippen LogP contribution in [-0.4, -0.2) is 53.8 Å². The number of halogens is 1. The van der Waals surface area contributed by atoms with Crippen LogP contribution in [0.5, 0.6) is 0 Å². The number of fused-ring (bicyclic) bond motifs is 1. The lowest BCUT2D eigenvalue weighted by Crippen LogP contribution is -2.58. The summed E-state index contributed by atoms with van der Waals surface area (Å²) in [6.45, 7) is 1.49. The van der Waals surface area contributed by atoms with Crippen molar-refractivity contribution in [3.63, 3.8) is 0 Å². The maximum atomic E-state index is 13.4. The molecular weight excluding hydrogens is 411 g/mol. The van der Waals surface area contributed by atoms with Gasteiger partial charge in [-0.3, -0.25) is 19.3 Å². The van der Waals surface area contributed by atoms with Crippen molar-refractivity contribution in [2.75, 3.05) is 13.1 Å². The van der Waals surface area contributed by atoms with Crippen LogP contribution in [0.3, 0.4) is 0 Å². The van der Waals surface area contributed by atoms with Crippen molar-refractivity contribution in [3.8, 4) is 0 Å². The molecule has 0 aliphatic carbocycles. The molecule has 0 radical (unpaired) electrons. The summed E-state index contributed by atoms with van der Waals surface area (Å²) < 4.78 is 13.4. The highest BCUT2D eigenvalue weighted by molar-refractivity contribution is 5.94. The van der Waals surface area contributed by atoms with E-state index in [0.29, 0.717) is 38.9 Å². The minimum atomic E-state index is -0.466. The second kappa shape index (κ2) is 9.91. The largest absolute Gasteiger partial charge is 0.353 e. The lowest BCUT2D eigenvalue weighted by Gasteiger charge is -2.37. The predicted molar refractivity (Wildman–Crippen MR) is 117 cm³/mol. The number of carbonyl (C=O) groups is 3. The third kappa shape index (κ3) is 5.31. The van der Waals surface area contributed by atoms with Gasteiger partial charge >= 0.3 is 0 Å². The third-order valence-electron chi connectivity index (χ3n) is 6.08. The van der Waals surface area contributed by atoms with Crippen LogP contribution in [0.2, 0.25) is 0 Å². The normalized spacial score (nSPS) is 22.7. The molecule has 168 valence electrons. The maximum Gasteiger partial charge on any atom is 0.251 e. The highest BCUT2D eigenvalue weighted by Crippen LogP contribution is 2.26. The molecule has 2 aromatic rings. The van der Waals surface area contributed by atoms with Crippen molar-refractivity contribution in [2.24, 2.45) is 0 Å². The van der Waals surface area contributed by atoms with Gasteiger partial charge in [-0.25, -0.2) is 4.39 Å². The number of nitrogens with zero attached hydrogens (tertiary/aromatic N) is 1. The second-order valence-corrected chi connectivity index (χ2v) is 8.33. The number of rotatable bonds is 7. The number of hydrogen-bond acceptors (Lipinski definition) is 4. The monoisotopic (exact) mass is 438 g/mol. The molecule has 2 aliphatic rings. The van der Waals surface area contributed by atoms with Gasteiger partial charge in [0.15, 0.2) is 0 Å². The second-order valence-electron chi connectivity index (χ2n) is 8.33. The van der Waals surface area contributed by atoms with Gasteiger partial charge in [0.2, 0.25) is 11.8 Å². The van der Waals surface area contributed by atoms with E-state index in [-0.39, 0.29) is 41.4 Å². The van der Waals surface area contributed by atoms with Gasteiger partial charge in [-0.15, -0.1) is 0 Å². The predicted octanol–water partition coefficient (Wildman–Crippen LogP) is 1.59. The summed E-state index contributed by atoms with van der Waals surface area (Å²) in [5.74, 6) is -0.909. The number of hydrogen-bond donors (Lipinski definition) is 3. The molecule has 3 atom stereocenters. The van der Waals surface area contributed by atoms with Crippen LogP contribution >= 0.6 is 0 Å². The SMILES string of the molecule is O=C(CC[C@@H]1CNC(=O)[C@@H]2C[C@H](NC(=O)c3cccc(F)c3)CN12)NCc1ccccc1. The zero-order valence-corrected chi connectivity index (χ0v) is 17.7. The fourth-order valence-corrected chi connectivity index (χ4v) is 4.43. The van der Waals surface area contributed by atoms with Crippen molar-refractivity contribution >= 4 is 17.7 Å². The van der Waals surface area contributed by atoms with Crippen LogP contribution < -0.4 is 16.0 Å². The molecule has 7 nitrogen and oxygen atoms in total. The summed E-state index contributed by atoms with van der Waals surface area (Å²) in [5, 5.41) is 8.77. The average Bonchev–Trinajstić information content (AvgIpc) is 3.22. The minimum Gasteiger partial charge on any atom is -0.353 e. The Hall–Kier alpha value is -3.26. The summed E-state index contributed by atoms with van der Waals surface area (Å²) in [5.41, 5.74) is 1.30. The average molecular weight is 439 g/mol. The van der Waals surface area contributed by atoms with Crippen LogP contribution in [0.4, 0.5) is 4.39 Å². The molecule has 32 heavy (non-hydrogen) atoms. The molecule has 2 aromatic carbocycles. The van der Waals surface area contributed by atoms with E-state index >= 15 is 0 Å². The Morgan fingerprint density at radius 3 is 2.72 bits per heavy atom. The van der Waals surface area contributed by atoms with Gasteiger partial charge in [-0.05, 0) is 36.6 Å². The molecule has 0 saturated carbocycles. The Kier molecular flexibility index (Phi) is 6.80. The molecule has 2 fully saturated rings. The molecule has 0 spiro atoms. The lowest BCUT2D eigenvalue weighted by molar-refractivity contribution is -0.129. The molecule has 3 amide bonds. The Labute approximate surface area is 186 Å². The molecule has 2 saturated heterocycles. The van der Waals surface area contributed by atoms with E-state index in [4.69, 9.17) is 0 Å². The van der Waals surface area contributed by atoms with E-state index in [9.17, 15) is 18.8 Å². The van der Waals surface area contributed by atoms with Crippen molar-refractivity contribution in [3.05, 3.63) is 71.5 Å². The third-order valence-corrected chi connectivity index (χ3v) is 6.08. The zero-order valence-electron chi connectivity index (χ0n) is 17.7. The molecule has 4 rings (SSSR count). The molecule has 0 unspecified atom stereocenters. The maximum absolute atomic E-state index is 13.4. The lowest BCUT2D eigenvalue weighted by atomic mass is 10.0. The van der Waals surface area contributed by atoms with E-state index < -0.39 is 5.82 Å². The van der Waals surface area contributed by atoms with Gasteiger partial charge in [0, 0.05) is 43.7 Å². The molecule has 0 aromatic heterocycles. The van der Waals surface area contributed by atoms with Crippen molar-refractivity contribution < 1.29 is 18.8 Å². The summed E-state index contributed by atoms with van der Waals surface area (Å²) >= 11 is 0. The Morgan fingerprint density at radius 1 is 1.12 bits per heavy atom. The van der Waals surface area contributed by atoms with E-state index in [1.807, 2.05) is 30.3 Å². The van der Waals surface area contributed by atoms with Gasteiger partial charge in [0.25, 0.3) is 5.91 Å². The summed E-state index contributed by atoms with van der Waals surface area (Å²) in [6.07, 6.45) is 1.46. The molecule has 3 N–H and O–H groups in total. The van der Waals surface area contributed by atoms with Crippen molar-refractivity contribution in [1.82, 2.24) is 20.9 Å². The first-order chi connectivity index (χ1) is 15.5. The van der Waals surface area contributed by atoms with Crippen LogP contribution in [0.25, 0.3) is 0 Å². The number of benzene rings is 2. The first-order valence-electron chi connectivity index (χ1n) is 10.9. The van der Waals surface area contributed by atoms with E-state index in [1.165, 1.54) is 18.2 Å². The van der Waals surface area contributed by atoms with Crippen molar-refractivity contribution in [2.45, 2.75) is 43.9 Å². The van der Waals surface area contributed by atoms with Crippen molar-refractivity contribution in [1.29, 1.82) is 0 Å². The number of piperazine rings is 1. The first-order valence-corrected chi connectivity index (χ1v) is 10.9. The summed E-state index contributed by atoms with van der Waals surface area (Å²) in [4.78, 5) is 39.2. The smallest absolute Gasteiger partial charge is 0.251 e. The van der Waals surface area contributed by atoms with Gasteiger partial charge in [0.05, 0.1) is 6.04 Å².